The molecule has 5 heteroatoms. The summed E-state index contributed by atoms with van der Waals surface area (Å²) in [5.74, 6) is -1.05. The third-order valence-electron chi connectivity index (χ3n) is 4.02. The molecule has 5 nitrogen and oxygen atoms in total. The van der Waals surface area contributed by atoms with Gasteiger partial charge in [0.1, 0.15) is 13.0 Å². The van der Waals surface area contributed by atoms with Crippen LogP contribution in [-0.4, -0.2) is 36.5 Å². The molecule has 0 aromatic heterocycles. The van der Waals surface area contributed by atoms with Gasteiger partial charge < -0.3 is 9.74 Å². The second-order valence-corrected chi connectivity index (χ2v) is 5.08. The fraction of sp³-hybridized carbons (Fsp3) is 0.400. The van der Waals surface area contributed by atoms with Crippen LogP contribution in [0.15, 0.2) is 29.4 Å². The van der Waals surface area contributed by atoms with Crippen LogP contribution in [0.25, 0.3) is 0 Å². The van der Waals surface area contributed by atoms with Gasteiger partial charge in [0.25, 0.3) is 0 Å². The molecule has 1 fully saturated rings. The minimum Gasteiger partial charge on any atom is -0.399 e. The highest BCUT2D eigenvalue weighted by Gasteiger charge is 2.42. The highest BCUT2D eigenvalue weighted by molar-refractivity contribution is 6.15. The SMILES string of the molecule is CON=CC1C(=O)CC2c3ccccc3CCN2C1=O. The molecule has 3 rings (SSSR count). The Bertz CT molecular complexity index is 582. The van der Waals surface area contributed by atoms with Crippen molar-refractivity contribution in [3.05, 3.63) is 35.4 Å². The molecule has 2 aliphatic heterocycles. The molecule has 1 amide bonds. The van der Waals surface area contributed by atoms with Crippen LogP contribution < -0.4 is 0 Å². The smallest absolute Gasteiger partial charge is 0.239 e. The van der Waals surface area contributed by atoms with E-state index in [1.54, 1.807) is 4.90 Å². The van der Waals surface area contributed by atoms with Crippen LogP contribution >= 0.6 is 0 Å². The lowest BCUT2D eigenvalue weighted by Crippen LogP contribution is -2.50. The van der Waals surface area contributed by atoms with Gasteiger partial charge in [-0.15, -0.1) is 0 Å². The van der Waals surface area contributed by atoms with Gasteiger partial charge in [-0.3, -0.25) is 9.59 Å². The zero-order valence-electron chi connectivity index (χ0n) is 11.3. The molecule has 0 radical (unpaired) electrons. The number of carbonyl (C=O) groups excluding carboxylic acids is 2. The number of oxime groups is 1. The van der Waals surface area contributed by atoms with Crippen molar-refractivity contribution >= 4 is 17.9 Å². The summed E-state index contributed by atoms with van der Waals surface area (Å²) in [6.45, 7) is 0.658. The molecule has 20 heavy (non-hydrogen) atoms. The lowest BCUT2D eigenvalue weighted by atomic mass is 9.82. The summed E-state index contributed by atoms with van der Waals surface area (Å²) in [5, 5.41) is 3.58. The van der Waals surface area contributed by atoms with Gasteiger partial charge in [-0.25, -0.2) is 0 Å². The highest BCUT2D eigenvalue weighted by Crippen LogP contribution is 2.37. The Kier molecular flexibility index (Phi) is 3.26. The number of benzene rings is 1. The van der Waals surface area contributed by atoms with Crippen molar-refractivity contribution in [2.24, 2.45) is 11.1 Å². The molecule has 0 bridgehead atoms. The van der Waals surface area contributed by atoms with Gasteiger partial charge in [0.15, 0.2) is 5.78 Å². The number of rotatable bonds is 2. The Morgan fingerprint density at radius 2 is 2.15 bits per heavy atom. The number of ketones is 1. The summed E-state index contributed by atoms with van der Waals surface area (Å²) in [7, 11) is 1.40. The summed E-state index contributed by atoms with van der Waals surface area (Å²) < 4.78 is 0. The Morgan fingerprint density at radius 1 is 1.35 bits per heavy atom. The number of piperidine rings is 1. The maximum absolute atomic E-state index is 12.4. The van der Waals surface area contributed by atoms with Crippen molar-refractivity contribution in [2.45, 2.75) is 18.9 Å². The van der Waals surface area contributed by atoms with Gasteiger partial charge >= 0.3 is 0 Å². The van der Waals surface area contributed by atoms with Gasteiger partial charge in [-0.1, -0.05) is 29.4 Å². The first-order chi connectivity index (χ1) is 9.72. The van der Waals surface area contributed by atoms with Crippen molar-refractivity contribution in [1.29, 1.82) is 0 Å². The van der Waals surface area contributed by atoms with E-state index in [1.165, 1.54) is 18.9 Å². The lowest BCUT2D eigenvalue weighted by molar-refractivity contribution is -0.146. The third-order valence-corrected chi connectivity index (χ3v) is 4.02. The number of hydrogen-bond acceptors (Lipinski definition) is 4. The van der Waals surface area contributed by atoms with E-state index >= 15 is 0 Å². The molecule has 2 atom stereocenters. The lowest BCUT2D eigenvalue weighted by Gasteiger charge is -2.41. The summed E-state index contributed by atoms with van der Waals surface area (Å²) in [4.78, 5) is 31.0. The first-order valence-corrected chi connectivity index (χ1v) is 6.70. The minimum atomic E-state index is -0.795. The number of Topliss-reactive ketones (excluding diaryl/α,β-unsaturated/α-hetero) is 1. The van der Waals surface area contributed by atoms with E-state index in [0.717, 1.165) is 12.0 Å². The van der Waals surface area contributed by atoms with Crippen molar-refractivity contribution in [3.63, 3.8) is 0 Å². The van der Waals surface area contributed by atoms with Crippen LogP contribution in [0.1, 0.15) is 23.6 Å². The van der Waals surface area contributed by atoms with Crippen LogP contribution in [0.3, 0.4) is 0 Å². The molecule has 0 N–H and O–H groups in total. The normalized spacial score (nSPS) is 25.6. The predicted octanol–water partition coefficient (Wildman–Crippen LogP) is 1.33. The van der Waals surface area contributed by atoms with Gasteiger partial charge in [0.2, 0.25) is 5.91 Å². The van der Waals surface area contributed by atoms with Crippen molar-refractivity contribution in [2.75, 3.05) is 13.7 Å². The van der Waals surface area contributed by atoms with Crippen LogP contribution in [0, 0.1) is 5.92 Å². The summed E-state index contributed by atoms with van der Waals surface area (Å²) in [6.07, 6.45) is 2.49. The zero-order valence-corrected chi connectivity index (χ0v) is 11.3. The van der Waals surface area contributed by atoms with E-state index < -0.39 is 5.92 Å². The van der Waals surface area contributed by atoms with Gasteiger partial charge in [0, 0.05) is 13.0 Å². The van der Waals surface area contributed by atoms with Crippen LogP contribution in [0.5, 0.6) is 0 Å². The molecule has 2 aliphatic rings. The topological polar surface area (TPSA) is 59.0 Å². The van der Waals surface area contributed by atoms with E-state index in [9.17, 15) is 9.59 Å². The monoisotopic (exact) mass is 272 g/mol. The van der Waals surface area contributed by atoms with E-state index in [-0.39, 0.29) is 17.7 Å². The fourth-order valence-electron chi connectivity index (χ4n) is 3.04. The van der Waals surface area contributed by atoms with E-state index in [1.807, 2.05) is 18.2 Å². The molecule has 2 unspecified atom stereocenters. The molecular weight excluding hydrogens is 256 g/mol. The third kappa shape index (κ3) is 1.99. The molecule has 0 aliphatic carbocycles. The number of carbonyl (C=O) groups is 2. The molecular formula is C15H16N2O3. The first-order valence-electron chi connectivity index (χ1n) is 6.70. The quantitative estimate of drug-likeness (QED) is 0.463. The van der Waals surface area contributed by atoms with Crippen molar-refractivity contribution in [1.82, 2.24) is 4.90 Å². The van der Waals surface area contributed by atoms with E-state index in [2.05, 4.69) is 16.1 Å². The Morgan fingerprint density at radius 3 is 2.95 bits per heavy atom. The maximum atomic E-state index is 12.4. The van der Waals surface area contributed by atoms with Crippen LogP contribution in [0.4, 0.5) is 0 Å². The summed E-state index contributed by atoms with van der Waals surface area (Å²) in [6, 6.07) is 7.91. The average Bonchev–Trinajstić information content (AvgIpc) is 2.47. The van der Waals surface area contributed by atoms with Gasteiger partial charge in [0.05, 0.1) is 12.3 Å². The fourth-order valence-corrected chi connectivity index (χ4v) is 3.04. The molecule has 0 spiro atoms. The number of hydrogen-bond donors (Lipinski definition) is 0. The summed E-state index contributed by atoms with van der Waals surface area (Å²) in [5.41, 5.74) is 2.33. The number of nitrogens with zero attached hydrogens (tertiary/aromatic N) is 2. The Labute approximate surface area is 117 Å². The van der Waals surface area contributed by atoms with Crippen LogP contribution in [-0.2, 0) is 20.8 Å². The average molecular weight is 272 g/mol. The highest BCUT2D eigenvalue weighted by atomic mass is 16.6. The first kappa shape index (κ1) is 12.8. The van der Waals surface area contributed by atoms with Gasteiger partial charge in [-0.2, -0.15) is 0 Å². The number of amides is 1. The summed E-state index contributed by atoms with van der Waals surface area (Å²) >= 11 is 0. The van der Waals surface area contributed by atoms with Crippen molar-refractivity contribution < 1.29 is 14.4 Å². The van der Waals surface area contributed by atoms with Crippen molar-refractivity contribution in [3.8, 4) is 0 Å². The second-order valence-electron chi connectivity index (χ2n) is 5.08. The van der Waals surface area contributed by atoms with E-state index in [4.69, 9.17) is 0 Å². The second kappa shape index (κ2) is 5.07. The Balaban J connectivity index is 1.93. The van der Waals surface area contributed by atoms with E-state index in [0.29, 0.717) is 13.0 Å². The largest absolute Gasteiger partial charge is 0.399 e. The van der Waals surface area contributed by atoms with Crippen LogP contribution in [0.2, 0.25) is 0 Å². The number of fused-ring (bicyclic) bond motifs is 3. The van der Waals surface area contributed by atoms with Gasteiger partial charge in [-0.05, 0) is 17.5 Å². The molecule has 1 aromatic carbocycles. The molecule has 0 saturated carbocycles. The molecule has 104 valence electrons. The Hall–Kier alpha value is -2.17. The minimum absolute atomic E-state index is 0.0891. The zero-order chi connectivity index (χ0) is 14.1. The molecule has 1 saturated heterocycles. The maximum Gasteiger partial charge on any atom is 0.239 e. The molecule has 2 heterocycles. The standard InChI is InChI=1S/C15H16N2O3/c1-20-16-9-12-14(18)8-13-11-5-3-2-4-10(11)6-7-17(13)15(12)19/h2-5,9,12-13H,6-8H2,1H3. The molecule has 1 aromatic rings. The predicted molar refractivity (Wildman–Crippen MR) is 73.2 cm³/mol.